The van der Waals surface area contributed by atoms with Gasteiger partial charge < -0.3 is 15.7 Å². The van der Waals surface area contributed by atoms with Crippen molar-refractivity contribution in [2.45, 2.75) is 69.1 Å². The van der Waals surface area contributed by atoms with Gasteiger partial charge in [-0.3, -0.25) is 9.69 Å². The molecule has 0 aromatic heterocycles. The van der Waals surface area contributed by atoms with E-state index in [1.165, 1.54) is 11.1 Å². The van der Waals surface area contributed by atoms with Crippen molar-refractivity contribution in [3.05, 3.63) is 105 Å². The molecule has 6 nitrogen and oxygen atoms in total. The lowest BCUT2D eigenvalue weighted by molar-refractivity contribution is -0.126. The zero-order valence-corrected chi connectivity index (χ0v) is 25.7. The Morgan fingerprint density at radius 1 is 0.930 bits per heavy atom. The van der Waals surface area contributed by atoms with Gasteiger partial charge in [-0.25, -0.2) is 4.79 Å². The van der Waals surface area contributed by atoms with E-state index in [4.69, 9.17) is 23.2 Å². The number of halogens is 2. The summed E-state index contributed by atoms with van der Waals surface area (Å²) in [5, 5.41) is 18.1. The molecule has 3 aromatic carbocycles. The molecule has 43 heavy (non-hydrogen) atoms. The van der Waals surface area contributed by atoms with Crippen molar-refractivity contribution in [1.82, 2.24) is 15.5 Å². The average Bonchev–Trinajstić information content (AvgIpc) is 3.00. The predicted octanol–water partition coefficient (Wildman–Crippen LogP) is 6.75. The topological polar surface area (TPSA) is 81.7 Å². The highest BCUT2D eigenvalue weighted by atomic mass is 35.5. The van der Waals surface area contributed by atoms with Crippen molar-refractivity contribution in [3.8, 4) is 0 Å². The standard InChI is InChI=1S/C35H39Cl2N3O3/c36-27-9-4-23(5-10-27)34(24-6-11-28(37)12-7-24)25-8-13-31-30(19-25)32(20-33(41)39-31)38-29-14-16-40(17-15-29)21-22-2-1-3-26(18-22)35(42)43/h1-7,9-12,18,25,29-32,34,38H,8,13-17,19-21H2,(H,39,41)(H,42,43). The molecule has 2 heterocycles. The van der Waals surface area contributed by atoms with Crippen LogP contribution in [0.15, 0.2) is 72.8 Å². The second-order valence-corrected chi connectivity index (χ2v) is 13.4. The minimum Gasteiger partial charge on any atom is -0.478 e. The lowest BCUT2D eigenvalue weighted by Crippen LogP contribution is -2.60. The van der Waals surface area contributed by atoms with Crippen LogP contribution in [0.3, 0.4) is 0 Å². The van der Waals surface area contributed by atoms with Gasteiger partial charge in [0.1, 0.15) is 0 Å². The summed E-state index contributed by atoms with van der Waals surface area (Å²) in [6.45, 7) is 2.64. The molecular formula is C35H39Cl2N3O3. The van der Waals surface area contributed by atoms with Crippen LogP contribution in [0.25, 0.3) is 0 Å². The maximum Gasteiger partial charge on any atom is 0.335 e. The van der Waals surface area contributed by atoms with Crippen molar-refractivity contribution in [2.75, 3.05) is 13.1 Å². The molecule has 1 amide bonds. The van der Waals surface area contributed by atoms with Gasteiger partial charge in [0, 0.05) is 47.1 Å². The molecule has 3 N–H and O–H groups in total. The minimum atomic E-state index is -0.891. The van der Waals surface area contributed by atoms with Crippen LogP contribution in [-0.4, -0.2) is 53.1 Å². The number of hydrogen-bond acceptors (Lipinski definition) is 4. The van der Waals surface area contributed by atoms with Crippen LogP contribution < -0.4 is 10.6 Å². The summed E-state index contributed by atoms with van der Waals surface area (Å²) >= 11 is 12.5. The Morgan fingerprint density at radius 3 is 2.21 bits per heavy atom. The molecule has 3 aromatic rings. The number of carboxylic acid groups (broad SMARTS) is 1. The largest absolute Gasteiger partial charge is 0.478 e. The molecule has 1 aliphatic carbocycles. The number of carbonyl (C=O) groups is 2. The van der Waals surface area contributed by atoms with Crippen LogP contribution in [0.4, 0.5) is 0 Å². The first-order chi connectivity index (χ1) is 20.8. The summed E-state index contributed by atoms with van der Waals surface area (Å²) < 4.78 is 0. The van der Waals surface area contributed by atoms with Gasteiger partial charge in [-0.2, -0.15) is 0 Å². The molecule has 1 saturated carbocycles. The zero-order valence-electron chi connectivity index (χ0n) is 24.2. The van der Waals surface area contributed by atoms with Gasteiger partial charge >= 0.3 is 5.97 Å². The fraction of sp³-hybridized carbons (Fsp3) is 0.429. The second-order valence-electron chi connectivity index (χ2n) is 12.5. The summed E-state index contributed by atoms with van der Waals surface area (Å²) in [4.78, 5) is 26.6. The number of carbonyl (C=O) groups excluding carboxylic acids is 1. The number of aromatic carboxylic acids is 1. The highest BCUT2D eigenvalue weighted by molar-refractivity contribution is 6.30. The van der Waals surface area contributed by atoms with Gasteiger partial charge in [0.05, 0.1) is 5.56 Å². The van der Waals surface area contributed by atoms with E-state index in [-0.39, 0.29) is 23.9 Å². The number of likely N-dealkylation sites (tertiary alicyclic amines) is 1. The van der Waals surface area contributed by atoms with E-state index in [1.54, 1.807) is 12.1 Å². The van der Waals surface area contributed by atoms with Crippen LogP contribution >= 0.6 is 23.2 Å². The molecule has 0 spiro atoms. The summed E-state index contributed by atoms with van der Waals surface area (Å²) in [6, 6.07) is 24.5. The van der Waals surface area contributed by atoms with E-state index in [9.17, 15) is 14.7 Å². The predicted molar refractivity (Wildman–Crippen MR) is 171 cm³/mol. The van der Waals surface area contributed by atoms with Crippen LogP contribution in [0.5, 0.6) is 0 Å². The zero-order chi connectivity index (χ0) is 29.9. The highest BCUT2D eigenvalue weighted by Gasteiger charge is 2.43. The second kappa shape index (κ2) is 13.4. The molecule has 4 atom stereocenters. The lowest BCUT2D eigenvalue weighted by Gasteiger charge is -2.47. The molecule has 4 unspecified atom stereocenters. The molecule has 6 rings (SSSR count). The summed E-state index contributed by atoms with van der Waals surface area (Å²) in [5.41, 5.74) is 3.89. The molecule has 3 fully saturated rings. The van der Waals surface area contributed by atoms with E-state index in [2.05, 4.69) is 39.8 Å². The Bertz CT molecular complexity index is 1380. The van der Waals surface area contributed by atoms with Gasteiger partial charge in [0.2, 0.25) is 5.91 Å². The van der Waals surface area contributed by atoms with Crippen molar-refractivity contribution >= 4 is 35.1 Å². The number of nitrogens with one attached hydrogen (secondary N) is 2. The summed E-state index contributed by atoms with van der Waals surface area (Å²) in [5.74, 6) is 0.301. The third-order valence-electron chi connectivity index (χ3n) is 9.76. The summed E-state index contributed by atoms with van der Waals surface area (Å²) in [6.07, 6.45) is 5.60. The quantitative estimate of drug-likeness (QED) is 0.260. The molecular weight excluding hydrogens is 581 g/mol. The molecule has 8 heteroatoms. The molecule has 3 aliphatic rings. The average molecular weight is 621 g/mol. The number of nitrogens with zero attached hydrogens (tertiary/aromatic N) is 1. The maximum atomic E-state index is 12.8. The Hall–Kier alpha value is -2.90. The van der Waals surface area contributed by atoms with Crippen LogP contribution in [-0.2, 0) is 11.3 Å². The maximum absolute atomic E-state index is 12.8. The summed E-state index contributed by atoms with van der Waals surface area (Å²) in [7, 11) is 0. The monoisotopic (exact) mass is 619 g/mol. The molecule has 226 valence electrons. The number of rotatable bonds is 8. The normalized spacial score (nSPS) is 24.9. The van der Waals surface area contributed by atoms with Gasteiger partial charge in [-0.15, -0.1) is 0 Å². The van der Waals surface area contributed by atoms with Crippen molar-refractivity contribution < 1.29 is 14.7 Å². The number of carboxylic acids is 1. The Kier molecular flexibility index (Phi) is 9.39. The number of hydrogen-bond donors (Lipinski definition) is 3. The van der Waals surface area contributed by atoms with E-state index >= 15 is 0 Å². The van der Waals surface area contributed by atoms with Crippen LogP contribution in [0, 0.1) is 11.8 Å². The van der Waals surface area contributed by atoms with Gasteiger partial charge in [-0.05, 0) is 110 Å². The van der Waals surface area contributed by atoms with Gasteiger partial charge in [0.25, 0.3) is 0 Å². The fourth-order valence-corrected chi connectivity index (χ4v) is 7.92. The fourth-order valence-electron chi connectivity index (χ4n) is 7.66. The third-order valence-corrected chi connectivity index (χ3v) is 10.3. The first kappa shape index (κ1) is 30.1. The number of piperidine rings is 2. The van der Waals surface area contributed by atoms with E-state index < -0.39 is 5.97 Å². The van der Waals surface area contributed by atoms with Gasteiger partial charge in [0.15, 0.2) is 0 Å². The molecule has 2 aliphatic heterocycles. The van der Waals surface area contributed by atoms with Crippen molar-refractivity contribution in [2.24, 2.45) is 11.8 Å². The number of amides is 1. The smallest absolute Gasteiger partial charge is 0.335 e. The first-order valence-electron chi connectivity index (χ1n) is 15.4. The number of fused-ring (bicyclic) bond motifs is 1. The Balaban J connectivity index is 1.13. The minimum absolute atomic E-state index is 0.153. The Morgan fingerprint density at radius 2 is 1.58 bits per heavy atom. The Labute approximate surface area is 263 Å². The molecule has 0 radical (unpaired) electrons. The van der Waals surface area contributed by atoms with E-state index in [1.807, 2.05) is 36.4 Å². The van der Waals surface area contributed by atoms with Gasteiger partial charge in [-0.1, -0.05) is 59.6 Å². The number of benzene rings is 3. The third kappa shape index (κ3) is 7.26. The SMILES string of the molecule is O=C1CC(NC2CCN(Cc3cccc(C(=O)O)c3)CC2)C2CC(C(c3ccc(Cl)cc3)c3ccc(Cl)cc3)CCC2N1. The van der Waals surface area contributed by atoms with Crippen molar-refractivity contribution in [3.63, 3.8) is 0 Å². The highest BCUT2D eigenvalue weighted by Crippen LogP contribution is 2.45. The van der Waals surface area contributed by atoms with E-state index in [0.717, 1.165) is 67.3 Å². The molecule has 2 saturated heterocycles. The van der Waals surface area contributed by atoms with Crippen molar-refractivity contribution in [1.29, 1.82) is 0 Å². The first-order valence-corrected chi connectivity index (χ1v) is 16.2. The molecule has 0 bridgehead atoms. The lowest BCUT2D eigenvalue weighted by atomic mass is 9.65. The van der Waals surface area contributed by atoms with Crippen LogP contribution in [0.2, 0.25) is 10.0 Å². The van der Waals surface area contributed by atoms with Crippen LogP contribution in [0.1, 0.15) is 71.5 Å². The van der Waals surface area contributed by atoms with E-state index in [0.29, 0.717) is 29.9 Å².